The van der Waals surface area contributed by atoms with Crippen molar-refractivity contribution in [1.82, 2.24) is 14.1 Å². The van der Waals surface area contributed by atoms with Crippen molar-refractivity contribution < 1.29 is 0 Å². The molecule has 1 unspecified atom stereocenters. The highest BCUT2D eigenvalue weighted by atomic mass is 35.5. The van der Waals surface area contributed by atoms with Gasteiger partial charge in [-0.15, -0.1) is 0 Å². The summed E-state index contributed by atoms with van der Waals surface area (Å²) in [6.07, 6.45) is 3.78. The Balaban J connectivity index is 1.79. The zero-order chi connectivity index (χ0) is 23.8. The molecule has 4 nitrogen and oxygen atoms in total. The van der Waals surface area contributed by atoms with Crippen LogP contribution in [0.25, 0.3) is 22.0 Å². The first-order valence-corrected chi connectivity index (χ1v) is 11.9. The van der Waals surface area contributed by atoms with Crippen LogP contribution in [0.3, 0.4) is 0 Å². The van der Waals surface area contributed by atoms with Crippen LogP contribution in [-0.2, 0) is 13.6 Å². The maximum atomic E-state index is 12.8. The average molecular weight is 488 g/mol. The molecule has 0 aliphatic rings. The van der Waals surface area contributed by atoms with E-state index < -0.39 is 0 Å². The van der Waals surface area contributed by atoms with Gasteiger partial charge in [-0.1, -0.05) is 53.5 Å². The summed E-state index contributed by atoms with van der Waals surface area (Å²) in [5.41, 5.74) is 5.90. The molecule has 170 valence electrons. The molecule has 0 N–H and O–H groups in total. The van der Waals surface area contributed by atoms with Gasteiger partial charge in [0.1, 0.15) is 0 Å². The number of halogens is 2. The van der Waals surface area contributed by atoms with Crippen LogP contribution in [0.1, 0.15) is 29.7 Å². The molecule has 6 heteroatoms. The smallest absolute Gasteiger partial charge is 0.251 e. The van der Waals surface area contributed by atoms with E-state index in [2.05, 4.69) is 40.7 Å². The fourth-order valence-corrected chi connectivity index (χ4v) is 4.89. The van der Waals surface area contributed by atoms with E-state index in [1.54, 1.807) is 17.7 Å². The normalized spacial score (nSPS) is 12.2. The molecule has 1 atom stereocenters. The lowest BCUT2D eigenvalue weighted by Crippen LogP contribution is -2.17. The van der Waals surface area contributed by atoms with Gasteiger partial charge in [0, 0.05) is 47.0 Å². The third kappa shape index (κ3) is 4.04. The zero-order valence-electron chi connectivity index (χ0n) is 18.9. The highest BCUT2D eigenvalue weighted by molar-refractivity contribution is 6.31. The highest BCUT2D eigenvalue weighted by Crippen LogP contribution is 2.36. The second-order valence-corrected chi connectivity index (χ2v) is 9.20. The number of hydrogen-bond donors (Lipinski definition) is 0. The Bertz CT molecular complexity index is 1550. The largest absolute Gasteiger partial charge is 0.334 e. The lowest BCUT2D eigenvalue weighted by Gasteiger charge is -2.21. The van der Waals surface area contributed by atoms with Crippen molar-refractivity contribution in [3.05, 3.63) is 123 Å². The van der Waals surface area contributed by atoms with Gasteiger partial charge < -0.3 is 9.13 Å². The number of rotatable bonds is 5. The fraction of sp³-hybridized carbons (Fsp3) is 0.143. The van der Waals surface area contributed by atoms with Crippen LogP contribution in [0, 0.1) is 0 Å². The quantitative estimate of drug-likeness (QED) is 0.270. The van der Waals surface area contributed by atoms with E-state index in [0.717, 1.165) is 45.4 Å². The fourth-order valence-electron chi connectivity index (χ4n) is 4.58. The number of nitrogens with zero attached hydrogens (tertiary/aromatic N) is 3. The Morgan fingerprint density at radius 1 is 0.912 bits per heavy atom. The molecule has 0 amide bonds. The highest BCUT2D eigenvalue weighted by Gasteiger charge is 2.22. The van der Waals surface area contributed by atoms with E-state index in [1.165, 1.54) is 0 Å². The van der Waals surface area contributed by atoms with Gasteiger partial charge in [0.25, 0.3) is 5.56 Å². The summed E-state index contributed by atoms with van der Waals surface area (Å²) in [7, 11) is 1.80. The SMILES string of the molecule is CCn1cncc1C(c1ccc(Cl)cc1)c1ccc2c(c1)c(-c1cccc(Cl)c1)cc(=O)n2C. The Labute approximate surface area is 208 Å². The Morgan fingerprint density at radius 3 is 2.41 bits per heavy atom. The van der Waals surface area contributed by atoms with Gasteiger partial charge in [0.2, 0.25) is 0 Å². The Kier molecular flexibility index (Phi) is 6.03. The van der Waals surface area contributed by atoms with Gasteiger partial charge >= 0.3 is 0 Å². The molecule has 0 fully saturated rings. The molecule has 0 aliphatic carbocycles. The predicted octanol–water partition coefficient (Wildman–Crippen LogP) is 6.91. The van der Waals surface area contributed by atoms with Crippen molar-refractivity contribution in [2.75, 3.05) is 0 Å². The number of aromatic nitrogens is 3. The first kappa shape index (κ1) is 22.5. The van der Waals surface area contributed by atoms with Gasteiger partial charge in [0.15, 0.2) is 0 Å². The van der Waals surface area contributed by atoms with Crippen LogP contribution >= 0.6 is 23.2 Å². The molecule has 2 heterocycles. The van der Waals surface area contributed by atoms with Crippen molar-refractivity contribution in [3.8, 4) is 11.1 Å². The molecular formula is C28H23Cl2N3O. The van der Waals surface area contributed by atoms with E-state index in [0.29, 0.717) is 10.0 Å². The minimum Gasteiger partial charge on any atom is -0.334 e. The average Bonchev–Trinajstić information content (AvgIpc) is 3.31. The summed E-state index contributed by atoms with van der Waals surface area (Å²) in [5, 5.41) is 2.32. The van der Waals surface area contributed by atoms with Crippen LogP contribution in [-0.4, -0.2) is 14.1 Å². The molecule has 2 aromatic heterocycles. The maximum Gasteiger partial charge on any atom is 0.251 e. The van der Waals surface area contributed by atoms with Gasteiger partial charge in [-0.05, 0) is 65.6 Å². The standard InChI is InChI=1S/C28H23Cl2N3O/c1-3-33-17-31-16-26(33)28(18-7-10-21(29)11-8-18)20-9-12-25-24(14-20)23(15-27(34)32(25)2)19-5-4-6-22(30)13-19/h4-17,28H,3H2,1-2H3. The van der Waals surface area contributed by atoms with Crippen molar-refractivity contribution in [1.29, 1.82) is 0 Å². The minimum atomic E-state index is -0.0615. The van der Waals surface area contributed by atoms with Crippen LogP contribution in [0.4, 0.5) is 0 Å². The summed E-state index contributed by atoms with van der Waals surface area (Å²) < 4.78 is 3.84. The van der Waals surface area contributed by atoms with E-state index in [-0.39, 0.29) is 11.5 Å². The Hall–Kier alpha value is -3.34. The lowest BCUT2D eigenvalue weighted by atomic mass is 9.87. The van der Waals surface area contributed by atoms with Crippen molar-refractivity contribution in [2.24, 2.45) is 7.05 Å². The lowest BCUT2D eigenvalue weighted by molar-refractivity contribution is 0.699. The second-order valence-electron chi connectivity index (χ2n) is 8.33. The molecule has 5 rings (SSSR count). The number of fused-ring (bicyclic) bond motifs is 1. The van der Waals surface area contributed by atoms with Crippen LogP contribution in [0.5, 0.6) is 0 Å². The van der Waals surface area contributed by atoms with Crippen molar-refractivity contribution in [2.45, 2.75) is 19.4 Å². The topological polar surface area (TPSA) is 39.8 Å². The molecule has 34 heavy (non-hydrogen) atoms. The summed E-state index contributed by atoms with van der Waals surface area (Å²) in [6.45, 7) is 2.92. The number of hydrogen-bond acceptors (Lipinski definition) is 2. The van der Waals surface area contributed by atoms with Crippen LogP contribution in [0.15, 0.2) is 90.1 Å². The second kappa shape index (κ2) is 9.13. The molecule has 0 saturated heterocycles. The Morgan fingerprint density at radius 2 is 1.68 bits per heavy atom. The first-order chi connectivity index (χ1) is 16.5. The molecule has 0 spiro atoms. The summed E-state index contributed by atoms with van der Waals surface area (Å²) in [4.78, 5) is 17.2. The van der Waals surface area contributed by atoms with E-state index in [4.69, 9.17) is 23.2 Å². The molecular weight excluding hydrogens is 465 g/mol. The number of pyridine rings is 1. The van der Waals surface area contributed by atoms with Gasteiger partial charge in [-0.2, -0.15) is 0 Å². The van der Waals surface area contributed by atoms with Crippen molar-refractivity contribution in [3.63, 3.8) is 0 Å². The summed E-state index contributed by atoms with van der Waals surface area (Å²) in [5.74, 6) is -0.0476. The first-order valence-electron chi connectivity index (χ1n) is 11.1. The van der Waals surface area contributed by atoms with Crippen LogP contribution in [0.2, 0.25) is 10.0 Å². The van der Waals surface area contributed by atoms with Crippen molar-refractivity contribution >= 4 is 34.1 Å². The third-order valence-electron chi connectivity index (χ3n) is 6.32. The molecule has 3 aromatic carbocycles. The number of aryl methyl sites for hydroxylation is 2. The number of imidazole rings is 1. The monoisotopic (exact) mass is 487 g/mol. The molecule has 0 aliphatic heterocycles. The van der Waals surface area contributed by atoms with Gasteiger partial charge in [-0.25, -0.2) is 4.98 Å². The summed E-state index contributed by atoms with van der Waals surface area (Å²) >= 11 is 12.5. The van der Waals surface area contributed by atoms with E-state index >= 15 is 0 Å². The zero-order valence-corrected chi connectivity index (χ0v) is 20.4. The predicted molar refractivity (Wildman–Crippen MR) is 140 cm³/mol. The molecule has 5 aromatic rings. The number of benzene rings is 3. The van der Waals surface area contributed by atoms with Gasteiger partial charge in [-0.3, -0.25) is 4.79 Å². The molecule has 0 saturated carbocycles. The van der Waals surface area contributed by atoms with E-state index in [9.17, 15) is 4.79 Å². The summed E-state index contributed by atoms with van der Waals surface area (Å²) in [6, 6.07) is 23.5. The maximum absolute atomic E-state index is 12.8. The molecule has 0 radical (unpaired) electrons. The minimum absolute atomic E-state index is 0.0476. The van der Waals surface area contributed by atoms with Gasteiger partial charge in [0.05, 0.1) is 17.8 Å². The molecule has 0 bridgehead atoms. The van der Waals surface area contributed by atoms with Crippen LogP contribution < -0.4 is 5.56 Å². The third-order valence-corrected chi connectivity index (χ3v) is 6.81. The van der Waals surface area contributed by atoms with E-state index in [1.807, 2.05) is 55.0 Å².